The van der Waals surface area contributed by atoms with Crippen molar-refractivity contribution in [3.8, 4) is 0 Å². The predicted octanol–water partition coefficient (Wildman–Crippen LogP) is -0.117. The first-order chi connectivity index (χ1) is 8.89. The normalized spacial score (nSPS) is 23.2. The molecule has 1 rings (SSSR count). The first-order valence-corrected chi connectivity index (χ1v) is 7.75. The summed E-state index contributed by atoms with van der Waals surface area (Å²) < 4.78 is 37.4. The van der Waals surface area contributed by atoms with E-state index in [9.17, 15) is 13.2 Å². The lowest BCUT2D eigenvalue weighted by atomic mass is 9.90. The minimum atomic E-state index is -3.54. The highest BCUT2D eigenvalue weighted by Gasteiger charge is 2.33. The van der Waals surface area contributed by atoms with Gasteiger partial charge in [0.15, 0.2) is 0 Å². The molecule has 0 aromatic rings. The van der Waals surface area contributed by atoms with Gasteiger partial charge in [0.2, 0.25) is 0 Å². The van der Waals surface area contributed by atoms with Gasteiger partial charge in [-0.15, -0.1) is 0 Å². The van der Waals surface area contributed by atoms with Gasteiger partial charge in [-0.3, -0.25) is 4.79 Å². The Labute approximate surface area is 114 Å². The molecule has 19 heavy (non-hydrogen) atoms. The lowest BCUT2D eigenvalue weighted by Crippen LogP contribution is -2.51. The fourth-order valence-electron chi connectivity index (χ4n) is 1.81. The molecule has 0 bridgehead atoms. The largest absolute Gasteiger partial charge is 0.469 e. The van der Waals surface area contributed by atoms with Crippen LogP contribution in [0, 0.1) is 0 Å². The van der Waals surface area contributed by atoms with Crippen LogP contribution in [0.1, 0.15) is 26.2 Å². The van der Waals surface area contributed by atoms with Crippen molar-refractivity contribution < 1.29 is 22.7 Å². The summed E-state index contributed by atoms with van der Waals surface area (Å²) in [5, 5.41) is 0. The fourth-order valence-corrected chi connectivity index (χ4v) is 2.93. The fraction of sp³-hybridized carbons (Fsp3) is 0.909. The van der Waals surface area contributed by atoms with Gasteiger partial charge in [0.05, 0.1) is 19.6 Å². The third-order valence-corrected chi connectivity index (χ3v) is 4.72. The number of nitrogens with zero attached hydrogens (tertiary/aromatic N) is 1. The molecule has 0 spiro atoms. The second-order valence-electron chi connectivity index (χ2n) is 4.52. The zero-order valence-electron chi connectivity index (χ0n) is 11.6. The highest BCUT2D eigenvalue weighted by Crippen LogP contribution is 2.24. The Bertz CT molecular complexity index is 392. The summed E-state index contributed by atoms with van der Waals surface area (Å²) in [5.41, 5.74) is 0. The van der Waals surface area contributed by atoms with E-state index in [0.717, 1.165) is 4.31 Å². The maximum atomic E-state index is 11.9. The van der Waals surface area contributed by atoms with Crippen molar-refractivity contribution in [2.45, 2.75) is 38.3 Å². The number of carbonyl (C=O) groups excluding carboxylic acids is 1. The van der Waals surface area contributed by atoms with Gasteiger partial charge in [0.25, 0.3) is 10.2 Å². The molecule has 0 amide bonds. The summed E-state index contributed by atoms with van der Waals surface area (Å²) >= 11 is 0. The molecule has 0 aromatic carbocycles. The molecule has 0 unspecified atom stereocenters. The predicted molar refractivity (Wildman–Crippen MR) is 69.8 cm³/mol. The first-order valence-electron chi connectivity index (χ1n) is 6.31. The number of ether oxygens (including phenoxy) is 2. The number of carbonyl (C=O) groups is 1. The van der Waals surface area contributed by atoms with Crippen LogP contribution in [0.15, 0.2) is 0 Å². The van der Waals surface area contributed by atoms with Crippen molar-refractivity contribution >= 4 is 16.2 Å². The van der Waals surface area contributed by atoms with E-state index in [2.05, 4.69) is 9.46 Å². The molecule has 0 aromatic heterocycles. The van der Waals surface area contributed by atoms with E-state index < -0.39 is 16.2 Å². The van der Waals surface area contributed by atoms with Crippen LogP contribution in [0.2, 0.25) is 0 Å². The van der Waals surface area contributed by atoms with Crippen molar-refractivity contribution in [2.75, 3.05) is 27.3 Å². The minimum Gasteiger partial charge on any atom is -0.469 e. The van der Waals surface area contributed by atoms with Gasteiger partial charge in [0.1, 0.15) is 0 Å². The van der Waals surface area contributed by atoms with Gasteiger partial charge in [-0.1, -0.05) is 0 Å². The number of hydrogen-bond acceptors (Lipinski definition) is 5. The Balaban J connectivity index is 2.33. The molecule has 0 aliphatic heterocycles. The Morgan fingerprint density at radius 2 is 2.05 bits per heavy atom. The van der Waals surface area contributed by atoms with E-state index in [0.29, 0.717) is 19.4 Å². The van der Waals surface area contributed by atoms with E-state index in [-0.39, 0.29) is 25.1 Å². The van der Waals surface area contributed by atoms with Gasteiger partial charge in [-0.25, -0.2) is 0 Å². The van der Waals surface area contributed by atoms with Crippen LogP contribution >= 0.6 is 0 Å². The quantitative estimate of drug-likeness (QED) is 0.631. The average molecular weight is 294 g/mol. The Morgan fingerprint density at radius 3 is 2.58 bits per heavy atom. The van der Waals surface area contributed by atoms with Gasteiger partial charge in [-0.05, 0) is 19.8 Å². The summed E-state index contributed by atoms with van der Waals surface area (Å²) in [4.78, 5) is 11.0. The average Bonchev–Trinajstić information content (AvgIpc) is 2.32. The molecule has 1 N–H and O–H groups in total. The van der Waals surface area contributed by atoms with Gasteiger partial charge in [-0.2, -0.15) is 17.4 Å². The van der Waals surface area contributed by atoms with Crippen molar-refractivity contribution in [3.05, 3.63) is 0 Å². The highest BCUT2D eigenvalue weighted by molar-refractivity contribution is 7.87. The molecular weight excluding hydrogens is 272 g/mol. The van der Waals surface area contributed by atoms with Crippen molar-refractivity contribution in [2.24, 2.45) is 0 Å². The Hall–Kier alpha value is -0.700. The summed E-state index contributed by atoms with van der Waals surface area (Å²) in [6.45, 7) is 2.66. The second kappa shape index (κ2) is 7.18. The molecule has 0 saturated heterocycles. The van der Waals surface area contributed by atoms with Crippen molar-refractivity contribution in [1.29, 1.82) is 0 Å². The third-order valence-electron chi connectivity index (χ3n) is 3.08. The number of rotatable bonds is 8. The molecule has 0 atom stereocenters. The lowest BCUT2D eigenvalue weighted by Gasteiger charge is -2.35. The van der Waals surface area contributed by atoms with Crippen molar-refractivity contribution in [3.63, 3.8) is 0 Å². The molecule has 1 aliphatic carbocycles. The Kier molecular flexibility index (Phi) is 6.18. The molecule has 1 fully saturated rings. The number of nitrogens with one attached hydrogen (secondary N) is 1. The molecule has 1 aliphatic rings. The molecule has 0 heterocycles. The second-order valence-corrected chi connectivity index (χ2v) is 6.33. The van der Waals surface area contributed by atoms with Crippen molar-refractivity contribution in [1.82, 2.24) is 9.03 Å². The van der Waals surface area contributed by atoms with Crippen LogP contribution in [0.25, 0.3) is 0 Å². The molecule has 112 valence electrons. The van der Waals surface area contributed by atoms with E-state index in [1.807, 2.05) is 6.92 Å². The van der Waals surface area contributed by atoms with Crippen LogP contribution in [0.3, 0.4) is 0 Å². The lowest BCUT2D eigenvalue weighted by molar-refractivity contribution is -0.140. The first kappa shape index (κ1) is 16.4. The Morgan fingerprint density at radius 1 is 1.42 bits per heavy atom. The zero-order valence-corrected chi connectivity index (χ0v) is 12.4. The topological polar surface area (TPSA) is 84.9 Å². The minimum absolute atomic E-state index is 0.0418. The van der Waals surface area contributed by atoms with Crippen LogP contribution in [0.5, 0.6) is 0 Å². The van der Waals surface area contributed by atoms with Gasteiger partial charge >= 0.3 is 5.97 Å². The third kappa shape index (κ3) is 5.06. The number of methoxy groups -OCH3 is 1. The number of hydrogen-bond donors (Lipinski definition) is 1. The van der Waals surface area contributed by atoms with E-state index in [4.69, 9.17) is 4.74 Å². The van der Waals surface area contributed by atoms with Crippen LogP contribution in [-0.2, 0) is 24.5 Å². The number of esters is 1. The zero-order chi connectivity index (χ0) is 14.5. The maximum Gasteiger partial charge on any atom is 0.306 e. The summed E-state index contributed by atoms with van der Waals surface area (Å²) in [7, 11) is -0.833. The standard InChI is InChI=1S/C11H22N2O5S/c1-4-18-10-7-9(8-10)12-19(15,16)13(2)6-5-11(14)17-3/h9-10,12H,4-8H2,1-3H3. The summed E-state index contributed by atoms with van der Waals surface area (Å²) in [5.74, 6) is -0.429. The van der Waals surface area contributed by atoms with Crippen LogP contribution in [0.4, 0.5) is 0 Å². The van der Waals surface area contributed by atoms with E-state index >= 15 is 0 Å². The molecular formula is C11H22N2O5S. The molecule has 7 nitrogen and oxygen atoms in total. The summed E-state index contributed by atoms with van der Waals surface area (Å²) in [6.07, 6.45) is 1.58. The summed E-state index contributed by atoms with van der Waals surface area (Å²) in [6, 6.07) is -0.0814. The van der Waals surface area contributed by atoms with Crippen LogP contribution < -0.4 is 4.72 Å². The molecule has 1 saturated carbocycles. The monoisotopic (exact) mass is 294 g/mol. The van der Waals surface area contributed by atoms with Gasteiger partial charge in [0, 0.05) is 26.2 Å². The van der Waals surface area contributed by atoms with E-state index in [1.165, 1.54) is 14.2 Å². The maximum absolute atomic E-state index is 11.9. The SMILES string of the molecule is CCOC1CC(NS(=O)(=O)N(C)CCC(=O)OC)C1. The highest BCUT2D eigenvalue weighted by atomic mass is 32.2. The van der Waals surface area contributed by atoms with E-state index in [1.54, 1.807) is 0 Å². The molecule has 8 heteroatoms. The smallest absolute Gasteiger partial charge is 0.306 e. The van der Waals surface area contributed by atoms with Crippen LogP contribution in [-0.4, -0.2) is 58.1 Å². The van der Waals surface area contributed by atoms with Gasteiger partial charge < -0.3 is 9.47 Å². The molecule has 0 radical (unpaired) electrons.